The van der Waals surface area contributed by atoms with Gasteiger partial charge in [0.05, 0.1) is 24.7 Å². The van der Waals surface area contributed by atoms with Gasteiger partial charge in [-0.1, -0.05) is 6.92 Å². The van der Waals surface area contributed by atoms with Crippen molar-refractivity contribution in [1.82, 2.24) is 14.1 Å². The summed E-state index contributed by atoms with van der Waals surface area (Å²) < 4.78 is 37.3. The molecule has 0 N–H and O–H groups in total. The summed E-state index contributed by atoms with van der Waals surface area (Å²) >= 11 is 0. The quantitative estimate of drug-likeness (QED) is 0.622. The third kappa shape index (κ3) is 5.83. The number of amides is 2. The summed E-state index contributed by atoms with van der Waals surface area (Å²) in [6.07, 6.45) is -0.395. The second-order valence-corrected chi connectivity index (χ2v) is 8.34. The van der Waals surface area contributed by atoms with Gasteiger partial charge in [0.1, 0.15) is 5.75 Å². The summed E-state index contributed by atoms with van der Waals surface area (Å²) in [5, 5.41) is 0. The number of benzene rings is 1. The Morgan fingerprint density at radius 1 is 0.966 bits per heavy atom. The largest absolute Gasteiger partial charge is 0.494 e. The van der Waals surface area contributed by atoms with Gasteiger partial charge in [-0.25, -0.2) is 13.2 Å². The second-order valence-electron chi connectivity index (χ2n) is 6.40. The van der Waals surface area contributed by atoms with Gasteiger partial charge in [0.25, 0.3) is 0 Å². The number of sulfonamides is 1. The van der Waals surface area contributed by atoms with Crippen molar-refractivity contribution in [2.24, 2.45) is 0 Å². The number of hydrogen-bond donors (Lipinski definition) is 0. The molecular weight excluding hydrogens is 398 g/mol. The van der Waals surface area contributed by atoms with Gasteiger partial charge in [-0.3, -0.25) is 4.79 Å². The van der Waals surface area contributed by atoms with E-state index in [9.17, 15) is 18.0 Å². The first-order chi connectivity index (χ1) is 13.8. The van der Waals surface area contributed by atoms with E-state index >= 15 is 0 Å². The first-order valence-corrected chi connectivity index (χ1v) is 11.2. The maximum atomic E-state index is 12.9. The monoisotopic (exact) mass is 427 g/mol. The molecule has 2 amide bonds. The average molecular weight is 428 g/mol. The van der Waals surface area contributed by atoms with Crippen molar-refractivity contribution in [2.75, 3.05) is 52.5 Å². The lowest BCUT2D eigenvalue weighted by Gasteiger charge is -2.35. The van der Waals surface area contributed by atoms with Gasteiger partial charge >= 0.3 is 6.09 Å². The zero-order valence-electron chi connectivity index (χ0n) is 17.2. The maximum Gasteiger partial charge on any atom is 0.409 e. The van der Waals surface area contributed by atoms with E-state index in [-0.39, 0.29) is 23.9 Å². The zero-order valence-corrected chi connectivity index (χ0v) is 18.0. The van der Waals surface area contributed by atoms with E-state index in [4.69, 9.17) is 9.47 Å². The van der Waals surface area contributed by atoms with Crippen molar-refractivity contribution in [3.63, 3.8) is 0 Å². The third-order valence-corrected chi connectivity index (χ3v) is 6.53. The number of likely N-dealkylation sites (N-methyl/N-ethyl adjacent to an activating group) is 1. The van der Waals surface area contributed by atoms with Gasteiger partial charge in [0.2, 0.25) is 15.9 Å². The highest BCUT2D eigenvalue weighted by atomic mass is 32.2. The third-order valence-electron chi connectivity index (χ3n) is 4.60. The summed E-state index contributed by atoms with van der Waals surface area (Å²) in [6, 6.07) is 6.15. The highest BCUT2D eigenvalue weighted by Gasteiger charge is 2.30. The number of hydrogen-bond acceptors (Lipinski definition) is 6. The molecule has 0 aromatic heterocycles. The fourth-order valence-corrected chi connectivity index (χ4v) is 4.39. The molecule has 2 rings (SSSR count). The number of carbonyl (C=O) groups is 2. The smallest absolute Gasteiger partial charge is 0.409 e. The van der Waals surface area contributed by atoms with Crippen LogP contribution in [0.15, 0.2) is 29.2 Å². The van der Waals surface area contributed by atoms with Crippen LogP contribution in [0.25, 0.3) is 0 Å². The number of carbonyl (C=O) groups excluding carboxylic acids is 2. The van der Waals surface area contributed by atoms with E-state index in [0.717, 1.165) is 4.31 Å². The molecule has 29 heavy (non-hydrogen) atoms. The van der Waals surface area contributed by atoms with Crippen molar-refractivity contribution < 1.29 is 27.5 Å². The molecule has 0 saturated carbocycles. The first-order valence-electron chi connectivity index (χ1n) is 9.75. The van der Waals surface area contributed by atoms with Crippen LogP contribution in [-0.4, -0.2) is 87.0 Å². The molecule has 0 bridgehead atoms. The summed E-state index contributed by atoms with van der Waals surface area (Å²) in [6.45, 7) is 7.41. The predicted octanol–water partition coefficient (Wildman–Crippen LogP) is 1.40. The van der Waals surface area contributed by atoms with Crippen LogP contribution in [0.4, 0.5) is 4.79 Å². The number of rotatable bonds is 8. The van der Waals surface area contributed by atoms with Crippen LogP contribution in [0, 0.1) is 0 Å². The fourth-order valence-electron chi connectivity index (χ4n) is 2.99. The zero-order chi connectivity index (χ0) is 21.4. The lowest BCUT2D eigenvalue weighted by atomic mass is 10.3. The van der Waals surface area contributed by atoms with Crippen molar-refractivity contribution in [3.8, 4) is 5.75 Å². The molecule has 10 heteroatoms. The normalized spacial score (nSPS) is 14.8. The molecule has 9 nitrogen and oxygen atoms in total. The van der Waals surface area contributed by atoms with Gasteiger partial charge in [-0.15, -0.1) is 0 Å². The van der Waals surface area contributed by atoms with Crippen molar-refractivity contribution in [2.45, 2.75) is 25.7 Å². The summed E-state index contributed by atoms with van der Waals surface area (Å²) in [5.74, 6) is 0.301. The highest BCUT2D eigenvalue weighted by molar-refractivity contribution is 7.89. The van der Waals surface area contributed by atoms with E-state index in [2.05, 4.69) is 0 Å². The average Bonchev–Trinajstić information content (AvgIpc) is 2.72. The van der Waals surface area contributed by atoms with E-state index in [1.54, 1.807) is 35.8 Å². The Kier molecular flexibility index (Phi) is 8.27. The van der Waals surface area contributed by atoms with Crippen molar-refractivity contribution >= 4 is 22.0 Å². The lowest BCUT2D eigenvalue weighted by molar-refractivity contribution is -0.133. The Labute approximate surface area is 172 Å². The van der Waals surface area contributed by atoms with Gasteiger partial charge in [0.15, 0.2) is 0 Å². The van der Waals surface area contributed by atoms with Gasteiger partial charge in [-0.2, -0.15) is 4.31 Å². The van der Waals surface area contributed by atoms with Crippen LogP contribution in [0.3, 0.4) is 0 Å². The van der Waals surface area contributed by atoms with Crippen LogP contribution in [0.2, 0.25) is 0 Å². The maximum absolute atomic E-state index is 12.9. The Morgan fingerprint density at radius 2 is 1.55 bits per heavy atom. The second kappa shape index (κ2) is 10.4. The summed E-state index contributed by atoms with van der Waals surface area (Å²) in [7, 11) is -3.80. The van der Waals surface area contributed by atoms with E-state index in [1.807, 2.05) is 6.92 Å². The predicted molar refractivity (Wildman–Crippen MR) is 107 cm³/mol. The Balaban J connectivity index is 1.99. The summed E-state index contributed by atoms with van der Waals surface area (Å²) in [5.41, 5.74) is 0. The van der Waals surface area contributed by atoms with Gasteiger partial charge in [-0.05, 0) is 38.1 Å². The van der Waals surface area contributed by atoms with Crippen LogP contribution >= 0.6 is 0 Å². The molecule has 1 aromatic carbocycles. The molecule has 0 aliphatic carbocycles. The molecule has 1 fully saturated rings. The Bertz CT molecular complexity index is 789. The minimum atomic E-state index is -3.80. The van der Waals surface area contributed by atoms with Gasteiger partial charge in [0, 0.05) is 32.7 Å². The molecule has 0 atom stereocenters. The topological polar surface area (TPSA) is 96.5 Å². The molecule has 1 heterocycles. The molecule has 0 radical (unpaired) electrons. The number of nitrogens with zero attached hydrogens (tertiary/aromatic N) is 3. The molecule has 1 aliphatic rings. The van der Waals surface area contributed by atoms with Crippen molar-refractivity contribution in [1.29, 1.82) is 0 Å². The molecule has 0 spiro atoms. The molecule has 1 saturated heterocycles. The minimum Gasteiger partial charge on any atom is -0.494 e. The fraction of sp³-hybridized carbons (Fsp3) is 0.579. The van der Waals surface area contributed by atoms with Crippen molar-refractivity contribution in [3.05, 3.63) is 24.3 Å². The number of piperazine rings is 1. The lowest BCUT2D eigenvalue weighted by Crippen LogP contribution is -2.53. The van der Waals surface area contributed by atoms with Gasteiger partial charge < -0.3 is 19.3 Å². The van der Waals surface area contributed by atoms with Crippen LogP contribution in [-0.2, 0) is 19.6 Å². The molecular formula is C19H29N3O6S. The highest BCUT2D eigenvalue weighted by Crippen LogP contribution is 2.20. The molecule has 1 aromatic rings. The Hall–Kier alpha value is -2.33. The van der Waals surface area contributed by atoms with E-state index in [0.29, 0.717) is 45.1 Å². The minimum absolute atomic E-state index is 0.114. The van der Waals surface area contributed by atoms with Crippen LogP contribution in [0.1, 0.15) is 20.8 Å². The van der Waals surface area contributed by atoms with Crippen LogP contribution in [0.5, 0.6) is 5.75 Å². The summed E-state index contributed by atoms with van der Waals surface area (Å²) in [4.78, 5) is 27.6. The molecule has 162 valence electrons. The van der Waals surface area contributed by atoms with E-state index in [1.165, 1.54) is 12.1 Å². The SMILES string of the molecule is CCOC(=O)N1CCN(C(=O)CN(CC)S(=O)(=O)c2ccc(OCC)cc2)CC1. The first kappa shape index (κ1) is 23.0. The van der Waals surface area contributed by atoms with E-state index < -0.39 is 16.1 Å². The molecule has 1 aliphatic heterocycles. The Morgan fingerprint density at radius 3 is 2.07 bits per heavy atom. The standard InChI is InChI=1S/C19H29N3O6S/c1-4-22(29(25,26)17-9-7-16(8-10-17)27-5-2)15-18(23)20-11-13-21(14-12-20)19(24)28-6-3/h7-10H,4-6,11-15H2,1-3H3. The molecule has 0 unspecified atom stereocenters. The number of ether oxygens (including phenoxy) is 2. The van der Waals surface area contributed by atoms with Crippen LogP contribution < -0.4 is 4.74 Å².